The van der Waals surface area contributed by atoms with E-state index in [0.29, 0.717) is 15.8 Å². The molecule has 2 N–H and O–H groups in total. The van der Waals surface area contributed by atoms with Crippen molar-refractivity contribution in [3.05, 3.63) is 102 Å². The molecule has 1 saturated heterocycles. The maximum absolute atomic E-state index is 12.1. The molecular formula is C28H23ClN6O2S2. The molecule has 1 aliphatic heterocycles. The van der Waals surface area contributed by atoms with Gasteiger partial charge in [0.25, 0.3) is 0 Å². The van der Waals surface area contributed by atoms with Gasteiger partial charge >= 0.3 is 0 Å². The van der Waals surface area contributed by atoms with Crippen LogP contribution in [0.4, 0.5) is 11.4 Å². The number of pyridine rings is 1. The second kappa shape index (κ2) is 10.7. The van der Waals surface area contributed by atoms with Gasteiger partial charge in [0.1, 0.15) is 12.6 Å². The molecule has 39 heavy (non-hydrogen) atoms. The average molecular weight is 575 g/mol. The molecule has 0 spiro atoms. The summed E-state index contributed by atoms with van der Waals surface area (Å²) < 4.78 is 8.13. The fraction of sp³-hybridized carbons (Fsp3) is 0.143. The zero-order valence-corrected chi connectivity index (χ0v) is 23.1. The fourth-order valence-corrected chi connectivity index (χ4v) is 6.32. The van der Waals surface area contributed by atoms with Gasteiger partial charge in [-0.2, -0.15) is 0 Å². The molecule has 0 saturated carbocycles. The number of hydrogen-bond donors (Lipinski definition) is 2. The minimum absolute atomic E-state index is 0.0607. The van der Waals surface area contributed by atoms with E-state index in [4.69, 9.17) is 33.5 Å². The number of carbonyl (C=O) groups is 1. The summed E-state index contributed by atoms with van der Waals surface area (Å²) in [5.41, 5.74) is 4.08. The van der Waals surface area contributed by atoms with Crippen LogP contribution in [0.25, 0.3) is 15.3 Å². The molecule has 2 atom stereocenters. The number of carbonyl (C=O) groups excluding carboxylic acids is 1. The third-order valence-corrected chi connectivity index (χ3v) is 8.11. The van der Waals surface area contributed by atoms with Crippen molar-refractivity contribution in [2.45, 2.75) is 12.1 Å². The molecule has 196 valence electrons. The molecule has 0 radical (unpaired) electrons. The summed E-state index contributed by atoms with van der Waals surface area (Å²) in [7, 11) is 1.47. The van der Waals surface area contributed by atoms with Crippen LogP contribution in [-0.4, -0.2) is 39.3 Å². The third kappa shape index (κ3) is 4.87. The fourth-order valence-electron chi connectivity index (χ4n) is 4.78. The van der Waals surface area contributed by atoms with E-state index in [2.05, 4.69) is 32.3 Å². The Morgan fingerprint density at radius 1 is 1.15 bits per heavy atom. The van der Waals surface area contributed by atoms with Crippen molar-refractivity contribution in [1.82, 2.24) is 19.9 Å². The molecule has 2 unspecified atom stereocenters. The van der Waals surface area contributed by atoms with Gasteiger partial charge in [0.2, 0.25) is 5.91 Å². The molecule has 8 nitrogen and oxygen atoms in total. The van der Waals surface area contributed by atoms with Gasteiger partial charge in [0.15, 0.2) is 10.2 Å². The van der Waals surface area contributed by atoms with E-state index in [1.807, 2.05) is 59.6 Å². The number of ether oxygens (including phenoxy) is 1. The highest BCUT2D eigenvalue weighted by Crippen LogP contribution is 2.43. The van der Waals surface area contributed by atoms with Gasteiger partial charge in [-0.1, -0.05) is 41.1 Å². The van der Waals surface area contributed by atoms with Crippen LogP contribution in [0, 0.1) is 0 Å². The minimum atomic E-state index is -0.285. The summed E-state index contributed by atoms with van der Waals surface area (Å²) in [5, 5.41) is 8.05. The Balaban J connectivity index is 1.44. The molecule has 6 rings (SSSR count). The number of para-hydroxylation sites is 1. The van der Waals surface area contributed by atoms with Crippen LogP contribution in [0.2, 0.25) is 5.02 Å². The van der Waals surface area contributed by atoms with E-state index in [9.17, 15) is 4.79 Å². The molecule has 11 heteroatoms. The number of nitrogens with zero attached hydrogens (tertiary/aromatic N) is 4. The molecule has 4 heterocycles. The van der Waals surface area contributed by atoms with Crippen molar-refractivity contribution in [3.8, 4) is 5.13 Å². The van der Waals surface area contributed by atoms with Crippen LogP contribution in [0.15, 0.2) is 85.2 Å². The summed E-state index contributed by atoms with van der Waals surface area (Å²) in [6, 6.07) is 23.0. The summed E-state index contributed by atoms with van der Waals surface area (Å²) in [5.74, 6) is -0.285. The Morgan fingerprint density at radius 3 is 2.77 bits per heavy atom. The standard InChI is InChI=1S/C28H23ClN6O2S2/c1-37-16-24(36)31-19-12-11-17(15-18(19)29)35-26(25(33-27(35)38)21-8-4-5-13-30-21)22-9-6-14-34(22)28-32-20-7-2-3-10-23(20)39-28/h2-15,25-26H,16H2,1H3,(H,31,36)(H,33,38). The zero-order chi connectivity index (χ0) is 26.9. The second-order valence-corrected chi connectivity index (χ2v) is 10.7. The number of hydrogen-bond acceptors (Lipinski definition) is 6. The summed E-state index contributed by atoms with van der Waals surface area (Å²) in [6.45, 7) is -0.0607. The van der Waals surface area contributed by atoms with Crippen LogP contribution in [-0.2, 0) is 9.53 Å². The monoisotopic (exact) mass is 574 g/mol. The van der Waals surface area contributed by atoms with Crippen molar-refractivity contribution < 1.29 is 9.53 Å². The van der Waals surface area contributed by atoms with E-state index in [0.717, 1.165) is 32.4 Å². The lowest BCUT2D eigenvalue weighted by Crippen LogP contribution is -2.30. The number of amides is 1. The highest BCUT2D eigenvalue weighted by atomic mass is 35.5. The van der Waals surface area contributed by atoms with Crippen molar-refractivity contribution in [1.29, 1.82) is 0 Å². The quantitative estimate of drug-likeness (QED) is 0.234. The smallest absolute Gasteiger partial charge is 0.250 e. The van der Waals surface area contributed by atoms with Gasteiger partial charge in [0, 0.05) is 25.2 Å². The highest BCUT2D eigenvalue weighted by molar-refractivity contribution is 7.80. The molecule has 2 aromatic carbocycles. The van der Waals surface area contributed by atoms with E-state index in [1.165, 1.54) is 7.11 Å². The normalized spacial score (nSPS) is 17.0. The van der Waals surface area contributed by atoms with Gasteiger partial charge in [-0.3, -0.25) is 14.3 Å². The van der Waals surface area contributed by atoms with Crippen molar-refractivity contribution in [2.24, 2.45) is 0 Å². The number of anilines is 2. The summed E-state index contributed by atoms with van der Waals surface area (Å²) >= 11 is 14.1. The first-order valence-corrected chi connectivity index (χ1v) is 13.8. The number of thiazole rings is 1. The Hall–Kier alpha value is -3.83. The van der Waals surface area contributed by atoms with Crippen LogP contribution in [0.5, 0.6) is 0 Å². The summed E-state index contributed by atoms with van der Waals surface area (Å²) in [4.78, 5) is 23.6. The number of benzene rings is 2. The van der Waals surface area contributed by atoms with Gasteiger partial charge in [-0.05, 0) is 66.8 Å². The Labute approximate surface area is 239 Å². The molecule has 1 amide bonds. The second-order valence-electron chi connectivity index (χ2n) is 8.91. The highest BCUT2D eigenvalue weighted by Gasteiger charge is 2.42. The first kappa shape index (κ1) is 25.4. The topological polar surface area (TPSA) is 84.3 Å². The van der Waals surface area contributed by atoms with E-state index < -0.39 is 0 Å². The first-order valence-electron chi connectivity index (χ1n) is 12.2. The first-order chi connectivity index (χ1) is 19.0. The molecule has 3 aromatic heterocycles. The predicted molar refractivity (Wildman–Crippen MR) is 159 cm³/mol. The molecule has 1 aliphatic rings. The lowest BCUT2D eigenvalue weighted by molar-refractivity contribution is -0.119. The summed E-state index contributed by atoms with van der Waals surface area (Å²) in [6.07, 6.45) is 3.80. The maximum Gasteiger partial charge on any atom is 0.250 e. The number of halogens is 1. The third-order valence-electron chi connectivity index (χ3n) is 6.45. The maximum atomic E-state index is 12.1. The Morgan fingerprint density at radius 2 is 2.00 bits per heavy atom. The molecule has 5 aromatic rings. The molecular weight excluding hydrogens is 552 g/mol. The van der Waals surface area contributed by atoms with E-state index in [1.54, 1.807) is 29.7 Å². The van der Waals surface area contributed by atoms with Crippen LogP contribution in [0.1, 0.15) is 23.5 Å². The number of aromatic nitrogens is 3. The largest absolute Gasteiger partial charge is 0.375 e. The molecule has 0 aliphatic carbocycles. The lowest BCUT2D eigenvalue weighted by atomic mass is 10.0. The number of thiocarbonyl (C=S) groups is 1. The number of methoxy groups -OCH3 is 1. The van der Waals surface area contributed by atoms with Crippen LogP contribution < -0.4 is 15.5 Å². The van der Waals surface area contributed by atoms with E-state index in [-0.39, 0.29) is 24.6 Å². The van der Waals surface area contributed by atoms with Crippen LogP contribution in [0.3, 0.4) is 0 Å². The van der Waals surface area contributed by atoms with Crippen molar-refractivity contribution >= 4 is 67.8 Å². The average Bonchev–Trinajstić information content (AvgIpc) is 3.66. The lowest BCUT2D eigenvalue weighted by Gasteiger charge is -2.29. The number of rotatable bonds is 7. The van der Waals surface area contributed by atoms with Crippen molar-refractivity contribution in [2.75, 3.05) is 23.9 Å². The predicted octanol–water partition coefficient (Wildman–Crippen LogP) is 5.90. The van der Waals surface area contributed by atoms with Gasteiger partial charge in [-0.25, -0.2) is 4.98 Å². The Bertz CT molecular complexity index is 1640. The zero-order valence-electron chi connectivity index (χ0n) is 20.7. The van der Waals surface area contributed by atoms with Crippen molar-refractivity contribution in [3.63, 3.8) is 0 Å². The number of nitrogens with one attached hydrogen (secondary N) is 2. The van der Waals surface area contributed by atoms with E-state index >= 15 is 0 Å². The minimum Gasteiger partial charge on any atom is -0.375 e. The molecule has 1 fully saturated rings. The SMILES string of the molecule is COCC(=O)Nc1ccc(N2C(=S)NC(c3ccccn3)C2c2cccn2-c2nc3ccccc3s2)cc1Cl. The number of fused-ring (bicyclic) bond motifs is 1. The van der Waals surface area contributed by atoms with Crippen LogP contribution >= 0.6 is 35.2 Å². The van der Waals surface area contributed by atoms with Gasteiger partial charge in [-0.15, -0.1) is 0 Å². The van der Waals surface area contributed by atoms with Gasteiger partial charge in [0.05, 0.1) is 38.4 Å². The Kier molecular flexibility index (Phi) is 7.01. The molecule has 0 bridgehead atoms. The van der Waals surface area contributed by atoms with Gasteiger partial charge < -0.3 is 20.3 Å².